The van der Waals surface area contributed by atoms with Crippen molar-refractivity contribution in [3.8, 4) is 5.88 Å². The molecule has 1 aromatic rings. The first-order valence-corrected chi connectivity index (χ1v) is 8.23. The highest BCUT2D eigenvalue weighted by atomic mass is 32.1. The van der Waals surface area contributed by atoms with Gasteiger partial charge in [0.25, 0.3) is 0 Å². The van der Waals surface area contributed by atoms with Gasteiger partial charge in [0.05, 0.1) is 5.56 Å². The van der Waals surface area contributed by atoms with Gasteiger partial charge >= 0.3 is 0 Å². The van der Waals surface area contributed by atoms with Crippen LogP contribution >= 0.6 is 12.2 Å². The summed E-state index contributed by atoms with van der Waals surface area (Å²) in [7, 11) is 0. The van der Waals surface area contributed by atoms with Crippen molar-refractivity contribution in [1.29, 1.82) is 0 Å². The van der Waals surface area contributed by atoms with Gasteiger partial charge in [-0.3, -0.25) is 0 Å². The van der Waals surface area contributed by atoms with E-state index >= 15 is 0 Å². The summed E-state index contributed by atoms with van der Waals surface area (Å²) in [5.41, 5.74) is 7.66. The summed E-state index contributed by atoms with van der Waals surface area (Å²) in [6.45, 7) is 8.84. The van der Waals surface area contributed by atoms with Crippen LogP contribution < -0.4 is 10.5 Å². The maximum atomic E-state index is 6.29. The third kappa shape index (κ3) is 3.73. The molecule has 0 spiro atoms. The van der Waals surface area contributed by atoms with Gasteiger partial charge in [0.2, 0.25) is 5.88 Å². The molecule has 3 nitrogen and oxygen atoms in total. The molecular formula is C17H26N2OS. The highest BCUT2D eigenvalue weighted by molar-refractivity contribution is 7.80. The van der Waals surface area contributed by atoms with Crippen molar-refractivity contribution in [2.75, 3.05) is 0 Å². The molecule has 0 saturated heterocycles. The van der Waals surface area contributed by atoms with Gasteiger partial charge in [0, 0.05) is 6.20 Å². The fourth-order valence-electron chi connectivity index (χ4n) is 3.32. The van der Waals surface area contributed by atoms with Crippen LogP contribution in [0, 0.1) is 24.7 Å². The highest BCUT2D eigenvalue weighted by Crippen LogP contribution is 2.36. The second kappa shape index (κ2) is 6.73. The number of hydrogen-bond donors (Lipinski definition) is 1. The Bertz CT molecular complexity index is 516. The average Bonchev–Trinajstić information content (AvgIpc) is 2.37. The van der Waals surface area contributed by atoms with Gasteiger partial charge in [-0.15, -0.1) is 0 Å². The maximum Gasteiger partial charge on any atom is 0.224 e. The SMILES string of the molecule is Cc1ccnc(OC2CC(C)CCC2C(C)C)c1C(N)=S. The summed E-state index contributed by atoms with van der Waals surface area (Å²) in [6, 6.07) is 1.92. The first kappa shape index (κ1) is 16.2. The highest BCUT2D eigenvalue weighted by Gasteiger charge is 2.33. The van der Waals surface area contributed by atoms with Gasteiger partial charge in [-0.1, -0.05) is 39.4 Å². The Hall–Kier alpha value is -1.16. The lowest BCUT2D eigenvalue weighted by atomic mass is 9.75. The molecule has 2 rings (SSSR count). The van der Waals surface area contributed by atoms with E-state index in [2.05, 4.69) is 25.8 Å². The third-order valence-electron chi connectivity index (χ3n) is 4.60. The molecule has 2 N–H and O–H groups in total. The molecule has 1 heterocycles. The van der Waals surface area contributed by atoms with E-state index in [1.807, 2.05) is 13.0 Å². The number of aryl methyl sites for hydroxylation is 1. The Kier molecular flexibility index (Phi) is 5.20. The second-order valence-electron chi connectivity index (χ2n) is 6.65. The van der Waals surface area contributed by atoms with Crippen molar-refractivity contribution in [3.05, 3.63) is 23.4 Å². The maximum absolute atomic E-state index is 6.29. The van der Waals surface area contributed by atoms with Crippen molar-refractivity contribution >= 4 is 17.2 Å². The first-order chi connectivity index (χ1) is 9.90. The van der Waals surface area contributed by atoms with Crippen molar-refractivity contribution in [2.45, 2.75) is 53.1 Å². The Morgan fingerprint density at radius 2 is 2.14 bits per heavy atom. The van der Waals surface area contributed by atoms with Crippen LogP contribution in [-0.4, -0.2) is 16.1 Å². The minimum atomic E-state index is 0.205. The van der Waals surface area contributed by atoms with E-state index in [4.69, 9.17) is 22.7 Å². The zero-order valence-electron chi connectivity index (χ0n) is 13.4. The number of nitrogens with two attached hydrogens (primary N) is 1. The number of nitrogens with zero attached hydrogens (tertiary/aromatic N) is 1. The topological polar surface area (TPSA) is 48.1 Å². The molecule has 1 saturated carbocycles. The van der Waals surface area contributed by atoms with Crippen LogP contribution in [-0.2, 0) is 0 Å². The normalized spacial score (nSPS) is 25.9. The van der Waals surface area contributed by atoms with E-state index in [1.165, 1.54) is 12.8 Å². The van der Waals surface area contributed by atoms with Gasteiger partial charge < -0.3 is 10.5 Å². The van der Waals surface area contributed by atoms with E-state index < -0.39 is 0 Å². The van der Waals surface area contributed by atoms with Crippen LogP contribution in [0.25, 0.3) is 0 Å². The molecule has 0 radical (unpaired) electrons. The molecule has 0 bridgehead atoms. The summed E-state index contributed by atoms with van der Waals surface area (Å²) in [6.07, 6.45) is 5.55. The number of hydrogen-bond acceptors (Lipinski definition) is 3. The molecule has 0 aliphatic heterocycles. The molecule has 3 unspecified atom stereocenters. The second-order valence-corrected chi connectivity index (χ2v) is 7.09. The number of thiocarbonyl (C=S) groups is 1. The Morgan fingerprint density at radius 1 is 1.43 bits per heavy atom. The zero-order chi connectivity index (χ0) is 15.6. The summed E-state index contributed by atoms with van der Waals surface area (Å²) in [5.74, 6) is 2.48. The first-order valence-electron chi connectivity index (χ1n) is 7.82. The smallest absolute Gasteiger partial charge is 0.224 e. The third-order valence-corrected chi connectivity index (χ3v) is 4.80. The van der Waals surface area contributed by atoms with Crippen LogP contribution in [0.5, 0.6) is 5.88 Å². The lowest BCUT2D eigenvalue weighted by Crippen LogP contribution is -2.37. The van der Waals surface area contributed by atoms with Crippen molar-refractivity contribution in [2.24, 2.45) is 23.5 Å². The van der Waals surface area contributed by atoms with E-state index in [0.717, 1.165) is 17.5 Å². The number of aromatic nitrogens is 1. The predicted molar refractivity (Wildman–Crippen MR) is 90.6 cm³/mol. The van der Waals surface area contributed by atoms with Gasteiger partial charge in [-0.2, -0.15) is 0 Å². The van der Waals surface area contributed by atoms with Crippen molar-refractivity contribution in [3.63, 3.8) is 0 Å². The minimum absolute atomic E-state index is 0.205. The Labute approximate surface area is 133 Å². The lowest BCUT2D eigenvalue weighted by Gasteiger charge is -2.37. The molecule has 21 heavy (non-hydrogen) atoms. The fourth-order valence-corrected chi connectivity index (χ4v) is 3.56. The van der Waals surface area contributed by atoms with E-state index in [-0.39, 0.29) is 6.10 Å². The molecular weight excluding hydrogens is 280 g/mol. The number of rotatable bonds is 4. The number of pyridine rings is 1. The molecule has 1 aliphatic carbocycles. The predicted octanol–water partition coefficient (Wildman–Crippen LogP) is 3.86. The summed E-state index contributed by atoms with van der Waals surface area (Å²) < 4.78 is 6.29. The molecule has 1 aromatic heterocycles. The van der Waals surface area contributed by atoms with Crippen LogP contribution in [0.3, 0.4) is 0 Å². The minimum Gasteiger partial charge on any atom is -0.474 e. The molecule has 1 fully saturated rings. The number of ether oxygens (including phenoxy) is 1. The van der Waals surface area contributed by atoms with E-state index in [0.29, 0.717) is 28.6 Å². The molecule has 4 heteroatoms. The van der Waals surface area contributed by atoms with Crippen molar-refractivity contribution < 1.29 is 4.74 Å². The van der Waals surface area contributed by atoms with E-state index in [9.17, 15) is 0 Å². The van der Waals surface area contributed by atoms with Crippen LogP contribution in [0.1, 0.15) is 51.2 Å². The summed E-state index contributed by atoms with van der Waals surface area (Å²) >= 11 is 5.17. The Morgan fingerprint density at radius 3 is 2.76 bits per heavy atom. The molecule has 116 valence electrons. The Balaban J connectivity index is 2.27. The van der Waals surface area contributed by atoms with Crippen LogP contribution in [0.15, 0.2) is 12.3 Å². The summed E-state index contributed by atoms with van der Waals surface area (Å²) in [5, 5.41) is 0. The van der Waals surface area contributed by atoms with Gasteiger partial charge in [-0.25, -0.2) is 4.98 Å². The monoisotopic (exact) mass is 306 g/mol. The van der Waals surface area contributed by atoms with Crippen LogP contribution in [0.2, 0.25) is 0 Å². The van der Waals surface area contributed by atoms with E-state index in [1.54, 1.807) is 6.20 Å². The molecule has 0 amide bonds. The lowest BCUT2D eigenvalue weighted by molar-refractivity contribution is 0.0425. The quantitative estimate of drug-likeness (QED) is 0.858. The largest absolute Gasteiger partial charge is 0.474 e. The molecule has 3 atom stereocenters. The van der Waals surface area contributed by atoms with Gasteiger partial charge in [0.15, 0.2) is 0 Å². The summed E-state index contributed by atoms with van der Waals surface area (Å²) in [4.78, 5) is 4.75. The molecule has 1 aliphatic rings. The van der Waals surface area contributed by atoms with Gasteiger partial charge in [-0.05, 0) is 49.1 Å². The molecule has 0 aromatic carbocycles. The fraction of sp³-hybridized carbons (Fsp3) is 0.647. The standard InChI is InChI=1S/C17H26N2OS/c1-10(2)13-6-5-11(3)9-14(13)20-17-15(16(18)21)12(4)7-8-19-17/h7-8,10-11,13-14H,5-6,9H2,1-4H3,(H2,18,21). The van der Waals surface area contributed by atoms with Crippen molar-refractivity contribution in [1.82, 2.24) is 4.98 Å². The van der Waals surface area contributed by atoms with Crippen LogP contribution in [0.4, 0.5) is 0 Å². The van der Waals surface area contributed by atoms with Gasteiger partial charge in [0.1, 0.15) is 11.1 Å². The average molecular weight is 306 g/mol. The zero-order valence-corrected chi connectivity index (χ0v) is 14.2.